The molecule has 1 aliphatic heterocycles. The summed E-state index contributed by atoms with van der Waals surface area (Å²) in [4.78, 5) is 26.2. The van der Waals surface area contributed by atoms with Gasteiger partial charge in [0.1, 0.15) is 5.75 Å². The molecular formula is C17H24N2O3. The highest BCUT2D eigenvalue weighted by atomic mass is 16.5. The lowest BCUT2D eigenvalue weighted by Crippen LogP contribution is -2.47. The highest BCUT2D eigenvalue weighted by Crippen LogP contribution is 2.24. The summed E-state index contributed by atoms with van der Waals surface area (Å²) in [5.41, 5.74) is 0.529. The van der Waals surface area contributed by atoms with Gasteiger partial charge in [0.05, 0.1) is 12.3 Å². The van der Waals surface area contributed by atoms with E-state index in [9.17, 15) is 9.59 Å². The van der Waals surface area contributed by atoms with E-state index in [2.05, 4.69) is 19.2 Å². The van der Waals surface area contributed by atoms with Gasteiger partial charge in [0, 0.05) is 13.1 Å². The van der Waals surface area contributed by atoms with Gasteiger partial charge in [-0.1, -0.05) is 26.0 Å². The first kappa shape index (κ1) is 16.3. The van der Waals surface area contributed by atoms with Gasteiger partial charge in [0.2, 0.25) is 0 Å². The van der Waals surface area contributed by atoms with Crippen molar-refractivity contribution in [3.8, 4) is 5.75 Å². The number of para-hydroxylation sites is 2. The van der Waals surface area contributed by atoms with Crippen LogP contribution in [-0.2, 0) is 9.59 Å². The molecule has 1 heterocycles. The van der Waals surface area contributed by atoms with Crippen molar-refractivity contribution in [2.75, 3.05) is 25.0 Å². The molecule has 0 radical (unpaired) electrons. The Morgan fingerprint density at radius 3 is 2.50 bits per heavy atom. The van der Waals surface area contributed by atoms with E-state index in [-0.39, 0.29) is 0 Å². The molecule has 0 spiro atoms. The summed E-state index contributed by atoms with van der Waals surface area (Å²) in [5, 5.41) is 2.67. The maximum atomic E-state index is 12.3. The number of hydrogen-bond acceptors (Lipinski definition) is 3. The fourth-order valence-corrected chi connectivity index (χ4v) is 3.00. The van der Waals surface area contributed by atoms with Crippen LogP contribution in [0.5, 0.6) is 5.75 Å². The molecule has 1 N–H and O–H groups in total. The van der Waals surface area contributed by atoms with E-state index in [1.807, 2.05) is 13.0 Å². The number of carbonyl (C=O) groups is 2. The van der Waals surface area contributed by atoms with E-state index in [0.29, 0.717) is 43.0 Å². The molecule has 2 unspecified atom stereocenters. The summed E-state index contributed by atoms with van der Waals surface area (Å²) in [6, 6.07) is 7.14. The zero-order chi connectivity index (χ0) is 16.1. The third-order valence-corrected chi connectivity index (χ3v) is 3.79. The van der Waals surface area contributed by atoms with Crippen molar-refractivity contribution in [1.82, 2.24) is 4.90 Å². The maximum absolute atomic E-state index is 12.3. The number of nitrogens with one attached hydrogen (secondary N) is 1. The van der Waals surface area contributed by atoms with Crippen molar-refractivity contribution in [1.29, 1.82) is 0 Å². The molecule has 2 atom stereocenters. The van der Waals surface area contributed by atoms with E-state index in [1.165, 1.54) is 0 Å². The zero-order valence-corrected chi connectivity index (χ0v) is 13.5. The summed E-state index contributed by atoms with van der Waals surface area (Å²) >= 11 is 0. The van der Waals surface area contributed by atoms with Crippen LogP contribution in [0.25, 0.3) is 0 Å². The second kappa shape index (κ2) is 7.29. The first-order valence-corrected chi connectivity index (χ1v) is 7.83. The van der Waals surface area contributed by atoms with Crippen molar-refractivity contribution in [2.24, 2.45) is 11.8 Å². The van der Waals surface area contributed by atoms with Crippen LogP contribution in [0.4, 0.5) is 5.69 Å². The smallest absolute Gasteiger partial charge is 0.314 e. The van der Waals surface area contributed by atoms with Crippen LogP contribution in [0, 0.1) is 11.8 Å². The van der Waals surface area contributed by atoms with E-state index >= 15 is 0 Å². The highest BCUT2D eigenvalue weighted by molar-refractivity contribution is 6.39. The van der Waals surface area contributed by atoms with Crippen molar-refractivity contribution < 1.29 is 14.3 Å². The third-order valence-electron chi connectivity index (χ3n) is 3.79. The van der Waals surface area contributed by atoms with Crippen molar-refractivity contribution in [3.63, 3.8) is 0 Å². The largest absolute Gasteiger partial charge is 0.492 e. The van der Waals surface area contributed by atoms with E-state index in [4.69, 9.17) is 4.74 Å². The Morgan fingerprint density at radius 2 is 1.86 bits per heavy atom. The second-order valence-electron chi connectivity index (χ2n) is 6.04. The van der Waals surface area contributed by atoms with Gasteiger partial charge in [-0.15, -0.1) is 0 Å². The lowest BCUT2D eigenvalue weighted by atomic mass is 9.92. The van der Waals surface area contributed by atoms with E-state index in [0.717, 1.165) is 6.42 Å². The van der Waals surface area contributed by atoms with Gasteiger partial charge >= 0.3 is 11.8 Å². The van der Waals surface area contributed by atoms with Crippen LogP contribution in [0.3, 0.4) is 0 Å². The molecule has 5 nitrogen and oxygen atoms in total. The molecule has 1 aromatic rings. The third kappa shape index (κ3) is 4.00. The summed E-state index contributed by atoms with van der Waals surface area (Å²) in [6.07, 6.45) is 1.10. The Balaban J connectivity index is 2.04. The molecule has 2 rings (SSSR count). The van der Waals surface area contributed by atoms with Crippen LogP contribution >= 0.6 is 0 Å². The Bertz CT molecular complexity index is 534. The molecule has 1 saturated heterocycles. The van der Waals surface area contributed by atoms with Crippen molar-refractivity contribution in [3.05, 3.63) is 24.3 Å². The molecule has 22 heavy (non-hydrogen) atoms. The molecule has 0 aromatic heterocycles. The van der Waals surface area contributed by atoms with Gasteiger partial charge in [-0.2, -0.15) is 0 Å². The standard InChI is InChI=1S/C17H24N2O3/c1-4-22-15-8-6-5-7-14(15)18-16(20)17(21)19-10-12(2)9-13(3)11-19/h5-8,12-13H,4,9-11H2,1-3H3,(H,18,20). The van der Waals surface area contributed by atoms with Crippen LogP contribution in [0.15, 0.2) is 24.3 Å². The van der Waals surface area contributed by atoms with Gasteiger partial charge in [-0.05, 0) is 37.3 Å². The van der Waals surface area contributed by atoms with Gasteiger partial charge in [-0.3, -0.25) is 9.59 Å². The summed E-state index contributed by atoms with van der Waals surface area (Å²) in [6.45, 7) is 7.88. The number of benzene rings is 1. The number of piperidine rings is 1. The van der Waals surface area contributed by atoms with Crippen molar-refractivity contribution >= 4 is 17.5 Å². The minimum absolute atomic E-state index is 0.427. The molecule has 1 fully saturated rings. The lowest BCUT2D eigenvalue weighted by molar-refractivity contribution is -0.144. The van der Waals surface area contributed by atoms with Gasteiger partial charge in [-0.25, -0.2) is 0 Å². The van der Waals surface area contributed by atoms with Gasteiger partial charge in [0.25, 0.3) is 0 Å². The number of anilines is 1. The van der Waals surface area contributed by atoms with Crippen LogP contribution in [-0.4, -0.2) is 36.4 Å². The summed E-state index contributed by atoms with van der Waals surface area (Å²) in [5.74, 6) is 0.358. The second-order valence-corrected chi connectivity index (χ2v) is 6.04. The minimum atomic E-state index is -0.603. The maximum Gasteiger partial charge on any atom is 0.314 e. The monoisotopic (exact) mass is 304 g/mol. The van der Waals surface area contributed by atoms with E-state index < -0.39 is 11.8 Å². The molecule has 5 heteroatoms. The molecular weight excluding hydrogens is 280 g/mol. The van der Waals surface area contributed by atoms with Crippen LogP contribution < -0.4 is 10.1 Å². The number of hydrogen-bond donors (Lipinski definition) is 1. The number of rotatable bonds is 3. The molecule has 1 aromatic carbocycles. The number of ether oxygens (including phenoxy) is 1. The quantitative estimate of drug-likeness (QED) is 0.873. The SMILES string of the molecule is CCOc1ccccc1NC(=O)C(=O)N1CC(C)CC(C)C1. The topological polar surface area (TPSA) is 58.6 Å². The summed E-state index contributed by atoms with van der Waals surface area (Å²) in [7, 11) is 0. The van der Waals surface area contributed by atoms with Crippen LogP contribution in [0.1, 0.15) is 27.2 Å². The number of likely N-dealkylation sites (tertiary alicyclic amines) is 1. The fourth-order valence-electron chi connectivity index (χ4n) is 3.00. The highest BCUT2D eigenvalue weighted by Gasteiger charge is 2.29. The van der Waals surface area contributed by atoms with Gasteiger partial charge < -0.3 is 15.0 Å². The average molecular weight is 304 g/mol. The molecule has 0 saturated carbocycles. The molecule has 0 aliphatic carbocycles. The number of amides is 2. The molecule has 120 valence electrons. The Morgan fingerprint density at radius 1 is 1.23 bits per heavy atom. The molecule has 1 aliphatic rings. The van der Waals surface area contributed by atoms with Crippen molar-refractivity contribution in [2.45, 2.75) is 27.2 Å². The Hall–Kier alpha value is -2.04. The Kier molecular flexibility index (Phi) is 5.41. The normalized spacial score (nSPS) is 21.3. The Labute approximate surface area is 131 Å². The summed E-state index contributed by atoms with van der Waals surface area (Å²) < 4.78 is 5.46. The van der Waals surface area contributed by atoms with Gasteiger partial charge in [0.15, 0.2) is 0 Å². The zero-order valence-electron chi connectivity index (χ0n) is 13.5. The van der Waals surface area contributed by atoms with Crippen LogP contribution in [0.2, 0.25) is 0 Å². The fraction of sp³-hybridized carbons (Fsp3) is 0.529. The average Bonchev–Trinajstić information content (AvgIpc) is 2.47. The number of carbonyl (C=O) groups excluding carboxylic acids is 2. The predicted molar refractivity (Wildman–Crippen MR) is 85.8 cm³/mol. The van der Waals surface area contributed by atoms with E-state index in [1.54, 1.807) is 23.1 Å². The minimum Gasteiger partial charge on any atom is -0.492 e. The molecule has 2 amide bonds. The number of nitrogens with zero attached hydrogens (tertiary/aromatic N) is 1. The predicted octanol–water partition coefficient (Wildman–Crippen LogP) is 2.53. The first-order valence-electron chi connectivity index (χ1n) is 7.83. The first-order chi connectivity index (χ1) is 10.5. The molecule has 0 bridgehead atoms. The lowest BCUT2D eigenvalue weighted by Gasteiger charge is -2.34.